The summed E-state index contributed by atoms with van der Waals surface area (Å²) in [4.78, 5) is 0. The highest BCUT2D eigenvalue weighted by Gasteiger charge is 2.24. The van der Waals surface area contributed by atoms with Gasteiger partial charge in [-0.3, -0.25) is 4.68 Å². The first-order valence-electron chi connectivity index (χ1n) is 5.86. The molecular formula is C12H21N3. The molecule has 3 heteroatoms. The van der Waals surface area contributed by atoms with Gasteiger partial charge in [0.05, 0.1) is 5.69 Å². The maximum absolute atomic E-state index is 4.39. The number of hydrogen-bond donors (Lipinski definition) is 1. The molecule has 1 N–H and O–H groups in total. The van der Waals surface area contributed by atoms with Gasteiger partial charge >= 0.3 is 0 Å². The predicted molar refractivity (Wildman–Crippen MR) is 61.8 cm³/mol. The molecule has 2 unspecified atom stereocenters. The van der Waals surface area contributed by atoms with Gasteiger partial charge in [-0.2, -0.15) is 5.10 Å². The third-order valence-corrected chi connectivity index (χ3v) is 3.55. The average molecular weight is 207 g/mol. The topological polar surface area (TPSA) is 29.9 Å². The lowest BCUT2D eigenvalue weighted by atomic mass is 10.0. The largest absolute Gasteiger partial charge is 0.317 e. The van der Waals surface area contributed by atoms with E-state index in [1.165, 1.54) is 31.4 Å². The number of nitrogens with zero attached hydrogens (tertiary/aromatic N) is 2. The summed E-state index contributed by atoms with van der Waals surface area (Å²) in [5, 5.41) is 7.77. The number of rotatable bonds is 3. The van der Waals surface area contributed by atoms with Crippen LogP contribution in [0.3, 0.4) is 0 Å². The van der Waals surface area contributed by atoms with E-state index in [-0.39, 0.29) is 0 Å². The lowest BCUT2D eigenvalue weighted by molar-refractivity contribution is 0.494. The second-order valence-electron chi connectivity index (χ2n) is 4.77. The van der Waals surface area contributed by atoms with Crippen molar-refractivity contribution in [2.45, 2.75) is 38.6 Å². The first kappa shape index (κ1) is 10.7. The number of nitrogens with one attached hydrogen (secondary N) is 1. The highest BCUT2D eigenvalue weighted by atomic mass is 15.3. The van der Waals surface area contributed by atoms with Gasteiger partial charge in [-0.25, -0.2) is 0 Å². The van der Waals surface area contributed by atoms with Gasteiger partial charge in [0.2, 0.25) is 0 Å². The molecule has 84 valence electrons. The van der Waals surface area contributed by atoms with E-state index in [0.717, 1.165) is 17.7 Å². The van der Waals surface area contributed by atoms with Crippen LogP contribution in [0.1, 0.15) is 30.7 Å². The van der Waals surface area contributed by atoms with Crippen molar-refractivity contribution in [3.05, 3.63) is 17.5 Å². The summed E-state index contributed by atoms with van der Waals surface area (Å²) in [7, 11) is 4.12. The molecule has 15 heavy (non-hydrogen) atoms. The third-order valence-electron chi connectivity index (χ3n) is 3.55. The molecule has 1 fully saturated rings. The number of hydrogen-bond acceptors (Lipinski definition) is 2. The van der Waals surface area contributed by atoms with Gasteiger partial charge in [-0.15, -0.1) is 0 Å². The molecule has 2 atom stereocenters. The highest BCUT2D eigenvalue weighted by Crippen LogP contribution is 2.28. The maximum atomic E-state index is 4.39. The van der Waals surface area contributed by atoms with Crippen LogP contribution >= 0.6 is 0 Å². The Labute approximate surface area is 91.9 Å². The van der Waals surface area contributed by atoms with E-state index >= 15 is 0 Å². The minimum Gasteiger partial charge on any atom is -0.317 e. The van der Waals surface area contributed by atoms with Crippen LogP contribution in [0.25, 0.3) is 0 Å². The fourth-order valence-electron chi connectivity index (χ4n) is 2.67. The molecule has 1 aliphatic carbocycles. The number of aryl methyl sites for hydroxylation is 2. The quantitative estimate of drug-likeness (QED) is 0.817. The van der Waals surface area contributed by atoms with Crippen LogP contribution in [0.15, 0.2) is 6.07 Å². The van der Waals surface area contributed by atoms with E-state index in [0.29, 0.717) is 0 Å². The summed E-state index contributed by atoms with van der Waals surface area (Å²) in [6, 6.07) is 2.96. The van der Waals surface area contributed by atoms with E-state index in [2.05, 4.69) is 30.5 Å². The van der Waals surface area contributed by atoms with Gasteiger partial charge in [0, 0.05) is 18.8 Å². The lowest BCUT2D eigenvalue weighted by Crippen LogP contribution is -2.21. The van der Waals surface area contributed by atoms with Crippen LogP contribution < -0.4 is 5.32 Å². The Morgan fingerprint density at radius 1 is 1.53 bits per heavy atom. The molecule has 0 aliphatic heterocycles. The molecule has 0 aromatic carbocycles. The monoisotopic (exact) mass is 207 g/mol. The molecule has 1 heterocycles. The Bertz CT molecular complexity index is 330. The minimum absolute atomic E-state index is 0.740. The van der Waals surface area contributed by atoms with E-state index < -0.39 is 0 Å². The van der Waals surface area contributed by atoms with Gasteiger partial charge in [0.1, 0.15) is 0 Å². The van der Waals surface area contributed by atoms with Crippen molar-refractivity contribution >= 4 is 0 Å². The molecule has 2 rings (SSSR count). The van der Waals surface area contributed by atoms with Crippen LogP contribution in [-0.4, -0.2) is 22.9 Å². The zero-order valence-corrected chi connectivity index (χ0v) is 9.95. The van der Waals surface area contributed by atoms with Gasteiger partial charge in [0.25, 0.3) is 0 Å². The molecule has 1 aromatic heterocycles. The molecule has 0 saturated heterocycles. The Hall–Kier alpha value is -0.830. The van der Waals surface area contributed by atoms with Crippen molar-refractivity contribution in [2.24, 2.45) is 13.0 Å². The van der Waals surface area contributed by atoms with E-state index in [1.54, 1.807) is 0 Å². The normalized spacial score (nSPS) is 26.1. The molecule has 0 bridgehead atoms. The zero-order valence-electron chi connectivity index (χ0n) is 9.95. The smallest absolute Gasteiger partial charge is 0.0596 e. The first-order chi connectivity index (χ1) is 7.19. The summed E-state index contributed by atoms with van der Waals surface area (Å²) in [6.07, 6.45) is 5.20. The van der Waals surface area contributed by atoms with Crippen molar-refractivity contribution < 1.29 is 0 Å². The van der Waals surface area contributed by atoms with Gasteiger partial charge in [-0.1, -0.05) is 0 Å². The molecule has 1 aliphatic rings. The third kappa shape index (κ3) is 2.40. The standard InChI is InChI=1S/C12H21N3/c1-9-6-12(15(3)14-9)8-10-4-5-11(7-10)13-2/h6,10-11,13H,4-5,7-8H2,1-3H3. The predicted octanol–water partition coefficient (Wildman–Crippen LogP) is 1.66. The van der Waals surface area contributed by atoms with Crippen molar-refractivity contribution in [1.29, 1.82) is 0 Å². The Morgan fingerprint density at radius 2 is 2.33 bits per heavy atom. The SMILES string of the molecule is CNC1CCC(Cc2cc(C)nn2C)C1. The first-order valence-corrected chi connectivity index (χ1v) is 5.86. The second kappa shape index (κ2) is 4.35. The van der Waals surface area contributed by atoms with Crippen molar-refractivity contribution in [2.75, 3.05) is 7.05 Å². The highest BCUT2D eigenvalue weighted by molar-refractivity contribution is 5.09. The van der Waals surface area contributed by atoms with E-state index in [1.807, 2.05) is 11.7 Å². The second-order valence-corrected chi connectivity index (χ2v) is 4.77. The number of aromatic nitrogens is 2. The van der Waals surface area contributed by atoms with Gasteiger partial charge in [0.15, 0.2) is 0 Å². The van der Waals surface area contributed by atoms with Gasteiger partial charge < -0.3 is 5.32 Å². The zero-order chi connectivity index (χ0) is 10.8. The maximum Gasteiger partial charge on any atom is 0.0596 e. The van der Waals surface area contributed by atoms with E-state index in [9.17, 15) is 0 Å². The van der Waals surface area contributed by atoms with Crippen molar-refractivity contribution in [1.82, 2.24) is 15.1 Å². The molecule has 1 saturated carbocycles. The van der Waals surface area contributed by atoms with Crippen LogP contribution in [0.5, 0.6) is 0 Å². The molecule has 3 nitrogen and oxygen atoms in total. The molecule has 0 spiro atoms. The summed E-state index contributed by atoms with van der Waals surface area (Å²) < 4.78 is 2.03. The average Bonchev–Trinajstić information content (AvgIpc) is 2.75. The summed E-state index contributed by atoms with van der Waals surface area (Å²) >= 11 is 0. The van der Waals surface area contributed by atoms with Crippen LogP contribution in [0, 0.1) is 12.8 Å². The Morgan fingerprint density at radius 3 is 2.87 bits per heavy atom. The summed E-state index contributed by atoms with van der Waals surface area (Å²) in [5.74, 6) is 0.845. The molecule has 1 aromatic rings. The fraction of sp³-hybridized carbons (Fsp3) is 0.750. The van der Waals surface area contributed by atoms with Crippen LogP contribution in [0.2, 0.25) is 0 Å². The fourth-order valence-corrected chi connectivity index (χ4v) is 2.67. The van der Waals surface area contributed by atoms with Crippen molar-refractivity contribution in [3.63, 3.8) is 0 Å². The Balaban J connectivity index is 1.95. The molecular weight excluding hydrogens is 186 g/mol. The minimum atomic E-state index is 0.740. The van der Waals surface area contributed by atoms with E-state index in [4.69, 9.17) is 0 Å². The molecule has 0 radical (unpaired) electrons. The Kier molecular flexibility index (Phi) is 3.10. The van der Waals surface area contributed by atoms with Crippen LogP contribution in [-0.2, 0) is 13.5 Å². The van der Waals surface area contributed by atoms with Crippen LogP contribution in [0.4, 0.5) is 0 Å². The summed E-state index contributed by atoms with van der Waals surface area (Å²) in [5.41, 5.74) is 2.52. The summed E-state index contributed by atoms with van der Waals surface area (Å²) in [6.45, 7) is 2.06. The lowest BCUT2D eigenvalue weighted by Gasteiger charge is -2.10. The van der Waals surface area contributed by atoms with Crippen molar-refractivity contribution in [3.8, 4) is 0 Å². The molecule has 0 amide bonds. The van der Waals surface area contributed by atoms with Gasteiger partial charge in [-0.05, 0) is 51.6 Å².